The van der Waals surface area contributed by atoms with E-state index in [1.165, 1.54) is 0 Å². The molecule has 2 heterocycles. The molecular formula is C14H12N4O. The first-order valence-corrected chi connectivity index (χ1v) is 5.82. The number of amides is 1. The molecule has 0 fully saturated rings. The number of hydrogen-bond acceptors (Lipinski definition) is 3. The molecule has 0 atom stereocenters. The molecule has 0 radical (unpaired) electrons. The van der Waals surface area contributed by atoms with E-state index < -0.39 is 0 Å². The number of pyridine rings is 1. The van der Waals surface area contributed by atoms with E-state index in [2.05, 4.69) is 15.3 Å². The molecule has 0 spiro atoms. The van der Waals surface area contributed by atoms with E-state index in [1.807, 2.05) is 24.3 Å². The van der Waals surface area contributed by atoms with E-state index >= 15 is 0 Å². The number of anilines is 2. The first kappa shape index (κ1) is 11.3. The van der Waals surface area contributed by atoms with Crippen LogP contribution in [0.1, 0.15) is 10.5 Å². The van der Waals surface area contributed by atoms with Gasteiger partial charge in [-0.2, -0.15) is 0 Å². The van der Waals surface area contributed by atoms with Crippen molar-refractivity contribution < 1.29 is 4.79 Å². The second-order valence-corrected chi connectivity index (χ2v) is 4.20. The molecule has 19 heavy (non-hydrogen) atoms. The van der Waals surface area contributed by atoms with Gasteiger partial charge in [0.2, 0.25) is 0 Å². The molecule has 5 heteroatoms. The zero-order valence-corrected chi connectivity index (χ0v) is 10.1. The highest BCUT2D eigenvalue weighted by molar-refractivity contribution is 6.08. The normalized spacial score (nSPS) is 10.5. The van der Waals surface area contributed by atoms with Crippen LogP contribution in [0.5, 0.6) is 0 Å². The predicted molar refractivity (Wildman–Crippen MR) is 74.9 cm³/mol. The van der Waals surface area contributed by atoms with E-state index in [-0.39, 0.29) is 5.91 Å². The maximum absolute atomic E-state index is 12.1. The Morgan fingerprint density at radius 1 is 1.32 bits per heavy atom. The van der Waals surface area contributed by atoms with Crippen LogP contribution in [0.2, 0.25) is 0 Å². The SMILES string of the molecule is Nc1c[nH]c(C(=O)Nc2cccc3cnccc23)c1. The van der Waals surface area contributed by atoms with E-state index in [9.17, 15) is 4.79 Å². The van der Waals surface area contributed by atoms with E-state index in [4.69, 9.17) is 5.73 Å². The Morgan fingerprint density at radius 3 is 3.00 bits per heavy atom. The summed E-state index contributed by atoms with van der Waals surface area (Å²) >= 11 is 0. The molecule has 0 aliphatic carbocycles. The van der Waals surface area contributed by atoms with Gasteiger partial charge in [-0.25, -0.2) is 0 Å². The van der Waals surface area contributed by atoms with Crippen LogP contribution in [0.3, 0.4) is 0 Å². The van der Waals surface area contributed by atoms with Gasteiger partial charge in [0.25, 0.3) is 5.91 Å². The number of nitrogens with zero attached hydrogens (tertiary/aromatic N) is 1. The third kappa shape index (κ3) is 2.13. The fourth-order valence-electron chi connectivity index (χ4n) is 1.96. The average molecular weight is 252 g/mol. The first-order chi connectivity index (χ1) is 9.24. The minimum atomic E-state index is -0.221. The van der Waals surface area contributed by atoms with Crippen molar-refractivity contribution in [1.82, 2.24) is 9.97 Å². The predicted octanol–water partition coefficient (Wildman–Crippen LogP) is 2.40. The van der Waals surface area contributed by atoms with E-state index in [0.29, 0.717) is 11.4 Å². The first-order valence-electron chi connectivity index (χ1n) is 5.82. The molecule has 1 amide bonds. The van der Waals surface area contributed by atoms with Gasteiger partial charge in [0, 0.05) is 40.7 Å². The van der Waals surface area contributed by atoms with Crippen LogP contribution < -0.4 is 11.1 Å². The number of aromatic nitrogens is 2. The van der Waals surface area contributed by atoms with Crippen LogP contribution in [0.25, 0.3) is 10.8 Å². The number of hydrogen-bond donors (Lipinski definition) is 3. The van der Waals surface area contributed by atoms with Crippen molar-refractivity contribution in [3.63, 3.8) is 0 Å². The average Bonchev–Trinajstić information content (AvgIpc) is 2.86. The van der Waals surface area contributed by atoms with Gasteiger partial charge >= 0.3 is 0 Å². The molecule has 4 N–H and O–H groups in total. The Morgan fingerprint density at radius 2 is 2.21 bits per heavy atom. The van der Waals surface area contributed by atoms with Crippen molar-refractivity contribution in [1.29, 1.82) is 0 Å². The molecule has 0 aliphatic heterocycles. The van der Waals surface area contributed by atoms with Crippen molar-refractivity contribution in [2.75, 3.05) is 11.1 Å². The van der Waals surface area contributed by atoms with Crippen molar-refractivity contribution in [3.8, 4) is 0 Å². The fraction of sp³-hybridized carbons (Fsp3) is 0. The van der Waals surface area contributed by atoms with Gasteiger partial charge in [-0.05, 0) is 18.2 Å². The number of nitrogen functional groups attached to an aromatic ring is 1. The van der Waals surface area contributed by atoms with Crippen LogP contribution in [0.4, 0.5) is 11.4 Å². The van der Waals surface area contributed by atoms with Crippen LogP contribution in [0.15, 0.2) is 48.9 Å². The fourth-order valence-corrected chi connectivity index (χ4v) is 1.96. The molecule has 2 aromatic heterocycles. The summed E-state index contributed by atoms with van der Waals surface area (Å²) in [6, 6.07) is 9.15. The smallest absolute Gasteiger partial charge is 0.272 e. The summed E-state index contributed by atoms with van der Waals surface area (Å²) in [7, 11) is 0. The maximum atomic E-state index is 12.1. The Bertz CT molecular complexity index is 743. The summed E-state index contributed by atoms with van der Waals surface area (Å²) in [4.78, 5) is 18.9. The molecule has 5 nitrogen and oxygen atoms in total. The minimum absolute atomic E-state index is 0.221. The number of rotatable bonds is 2. The zero-order valence-electron chi connectivity index (χ0n) is 10.1. The summed E-state index contributed by atoms with van der Waals surface area (Å²) < 4.78 is 0. The number of fused-ring (bicyclic) bond motifs is 1. The van der Waals surface area contributed by atoms with E-state index in [1.54, 1.807) is 24.7 Å². The number of nitrogens with two attached hydrogens (primary N) is 1. The molecule has 1 aromatic carbocycles. The molecular weight excluding hydrogens is 240 g/mol. The second-order valence-electron chi connectivity index (χ2n) is 4.20. The highest BCUT2D eigenvalue weighted by atomic mass is 16.1. The maximum Gasteiger partial charge on any atom is 0.272 e. The molecule has 0 bridgehead atoms. The molecule has 3 rings (SSSR count). The third-order valence-electron chi connectivity index (χ3n) is 2.88. The van der Waals surface area contributed by atoms with Gasteiger partial charge in [-0.3, -0.25) is 9.78 Å². The summed E-state index contributed by atoms with van der Waals surface area (Å²) in [6.07, 6.45) is 5.05. The molecule has 3 aromatic rings. The van der Waals surface area contributed by atoms with Gasteiger partial charge in [-0.15, -0.1) is 0 Å². The standard InChI is InChI=1S/C14H12N4O/c15-10-6-13(17-8-10)14(19)18-12-3-1-2-9-7-16-5-4-11(9)12/h1-8,17H,15H2,(H,18,19). The molecule has 0 saturated carbocycles. The highest BCUT2D eigenvalue weighted by Crippen LogP contribution is 2.22. The van der Waals surface area contributed by atoms with Crippen LogP contribution in [0, 0.1) is 0 Å². The van der Waals surface area contributed by atoms with Gasteiger partial charge in [0.05, 0.1) is 0 Å². The Kier molecular flexibility index (Phi) is 2.64. The van der Waals surface area contributed by atoms with Crippen molar-refractivity contribution in [3.05, 3.63) is 54.6 Å². The number of carbonyl (C=O) groups excluding carboxylic acids is 1. The number of H-pyrrole nitrogens is 1. The lowest BCUT2D eigenvalue weighted by molar-refractivity contribution is 0.102. The summed E-state index contributed by atoms with van der Waals surface area (Å²) in [5, 5.41) is 4.79. The van der Waals surface area contributed by atoms with E-state index in [0.717, 1.165) is 16.5 Å². The van der Waals surface area contributed by atoms with Gasteiger partial charge in [0.15, 0.2) is 0 Å². The molecule has 0 unspecified atom stereocenters. The number of benzene rings is 1. The van der Waals surface area contributed by atoms with Crippen LogP contribution >= 0.6 is 0 Å². The Balaban J connectivity index is 1.95. The highest BCUT2D eigenvalue weighted by Gasteiger charge is 2.09. The van der Waals surface area contributed by atoms with Crippen LogP contribution in [-0.2, 0) is 0 Å². The lowest BCUT2D eigenvalue weighted by atomic mass is 10.1. The Labute approximate surface area is 109 Å². The molecule has 94 valence electrons. The number of nitrogens with one attached hydrogen (secondary N) is 2. The third-order valence-corrected chi connectivity index (χ3v) is 2.88. The lowest BCUT2D eigenvalue weighted by Crippen LogP contribution is -2.12. The molecule has 0 aliphatic rings. The zero-order chi connectivity index (χ0) is 13.2. The summed E-state index contributed by atoms with van der Waals surface area (Å²) in [5.41, 5.74) is 7.30. The van der Waals surface area contributed by atoms with Crippen molar-refractivity contribution >= 4 is 28.1 Å². The summed E-state index contributed by atoms with van der Waals surface area (Å²) in [6.45, 7) is 0. The van der Waals surface area contributed by atoms with Gasteiger partial charge < -0.3 is 16.0 Å². The van der Waals surface area contributed by atoms with Crippen molar-refractivity contribution in [2.24, 2.45) is 0 Å². The summed E-state index contributed by atoms with van der Waals surface area (Å²) in [5.74, 6) is -0.221. The quantitative estimate of drug-likeness (QED) is 0.654. The largest absolute Gasteiger partial charge is 0.397 e. The van der Waals surface area contributed by atoms with Gasteiger partial charge in [0.1, 0.15) is 5.69 Å². The lowest BCUT2D eigenvalue weighted by Gasteiger charge is -2.07. The van der Waals surface area contributed by atoms with Gasteiger partial charge in [-0.1, -0.05) is 12.1 Å². The minimum Gasteiger partial charge on any atom is -0.397 e. The second kappa shape index (κ2) is 4.45. The van der Waals surface area contributed by atoms with Crippen LogP contribution in [-0.4, -0.2) is 15.9 Å². The molecule has 0 saturated heterocycles. The Hall–Kier alpha value is -2.82. The number of aromatic amines is 1. The van der Waals surface area contributed by atoms with Crippen molar-refractivity contribution in [2.45, 2.75) is 0 Å². The monoisotopic (exact) mass is 252 g/mol. The topological polar surface area (TPSA) is 83.8 Å². The number of carbonyl (C=O) groups is 1.